The molecule has 0 atom stereocenters. The predicted octanol–water partition coefficient (Wildman–Crippen LogP) is 2.45. The van der Waals surface area contributed by atoms with E-state index in [1.54, 1.807) is 12.1 Å². The number of sulfonamides is 1. The van der Waals surface area contributed by atoms with Crippen molar-refractivity contribution in [2.24, 2.45) is 10.1 Å². The van der Waals surface area contributed by atoms with Crippen LogP contribution in [0.15, 0.2) is 52.4 Å². The predicted molar refractivity (Wildman–Crippen MR) is 103 cm³/mol. The third kappa shape index (κ3) is 6.63. The van der Waals surface area contributed by atoms with Crippen LogP contribution in [0.2, 0.25) is 5.02 Å². The number of hydrogen-bond acceptors (Lipinski definition) is 4. The van der Waals surface area contributed by atoms with Crippen molar-refractivity contribution in [2.75, 3.05) is 7.05 Å². The third-order valence-corrected chi connectivity index (χ3v) is 4.74. The van der Waals surface area contributed by atoms with Gasteiger partial charge in [0.2, 0.25) is 10.0 Å². The number of aliphatic imine (C=N–C) groups is 1. The standard InChI is InChI=1S/C17H19ClF2N4O3S/c1-22-17(23-9-11-3-2-4-14(7-11)28(21,25)26)24-10-12-8-13(18)5-6-15(12)27-16(19)20/h2-8,16H,9-10H2,1H3,(H2,21,25,26)(H2,22,23,24). The van der Waals surface area contributed by atoms with E-state index in [2.05, 4.69) is 20.4 Å². The van der Waals surface area contributed by atoms with Gasteiger partial charge in [-0.25, -0.2) is 13.6 Å². The summed E-state index contributed by atoms with van der Waals surface area (Å²) in [5.41, 5.74) is 1.09. The molecule has 11 heteroatoms. The lowest BCUT2D eigenvalue weighted by Gasteiger charge is -2.15. The van der Waals surface area contributed by atoms with Gasteiger partial charge >= 0.3 is 6.61 Å². The van der Waals surface area contributed by atoms with Gasteiger partial charge in [0, 0.05) is 30.7 Å². The van der Waals surface area contributed by atoms with Crippen LogP contribution in [-0.2, 0) is 23.1 Å². The summed E-state index contributed by atoms with van der Waals surface area (Å²) in [6.45, 7) is -2.57. The summed E-state index contributed by atoms with van der Waals surface area (Å²) in [7, 11) is -2.26. The van der Waals surface area contributed by atoms with Crippen molar-refractivity contribution in [3.63, 3.8) is 0 Å². The van der Waals surface area contributed by atoms with Gasteiger partial charge in [0.05, 0.1) is 4.90 Å². The average Bonchev–Trinajstić information content (AvgIpc) is 2.63. The number of rotatable bonds is 7. The van der Waals surface area contributed by atoms with Gasteiger partial charge in [-0.1, -0.05) is 23.7 Å². The topological polar surface area (TPSA) is 106 Å². The molecule has 0 bridgehead atoms. The normalized spacial score (nSPS) is 12.1. The van der Waals surface area contributed by atoms with Gasteiger partial charge in [0.1, 0.15) is 5.75 Å². The van der Waals surface area contributed by atoms with Gasteiger partial charge in [-0.3, -0.25) is 4.99 Å². The fourth-order valence-corrected chi connectivity index (χ4v) is 3.09. The number of alkyl halides is 2. The first-order chi connectivity index (χ1) is 13.2. The number of nitrogens with two attached hydrogens (primary N) is 1. The van der Waals surface area contributed by atoms with Gasteiger partial charge in [-0.05, 0) is 35.9 Å². The molecule has 0 unspecified atom stereocenters. The molecule has 0 aliphatic rings. The van der Waals surface area contributed by atoms with Crippen LogP contribution in [0.4, 0.5) is 8.78 Å². The lowest BCUT2D eigenvalue weighted by molar-refractivity contribution is -0.0504. The molecule has 7 nitrogen and oxygen atoms in total. The molecule has 0 aliphatic heterocycles. The Bertz CT molecular complexity index is 955. The number of hydrogen-bond donors (Lipinski definition) is 3. The number of guanidine groups is 1. The Morgan fingerprint density at radius 3 is 2.57 bits per heavy atom. The molecule has 0 radical (unpaired) electrons. The van der Waals surface area contributed by atoms with Crippen LogP contribution >= 0.6 is 11.6 Å². The fraction of sp³-hybridized carbons (Fsp3) is 0.235. The second kappa shape index (κ2) is 9.67. The Balaban J connectivity index is 2.02. The molecular formula is C17H19ClF2N4O3S. The highest BCUT2D eigenvalue weighted by Crippen LogP contribution is 2.24. The molecule has 0 saturated heterocycles. The molecule has 28 heavy (non-hydrogen) atoms. The summed E-state index contributed by atoms with van der Waals surface area (Å²) >= 11 is 5.92. The van der Waals surface area contributed by atoms with Crippen molar-refractivity contribution >= 4 is 27.6 Å². The summed E-state index contributed by atoms with van der Waals surface area (Å²) in [6.07, 6.45) is 0. The highest BCUT2D eigenvalue weighted by molar-refractivity contribution is 7.89. The summed E-state index contributed by atoms with van der Waals surface area (Å²) < 4.78 is 52.4. The number of nitrogens with zero attached hydrogens (tertiary/aromatic N) is 1. The Labute approximate surface area is 166 Å². The van der Waals surface area contributed by atoms with Gasteiger partial charge in [-0.2, -0.15) is 8.78 Å². The monoisotopic (exact) mass is 432 g/mol. The van der Waals surface area contributed by atoms with Crippen molar-refractivity contribution in [3.05, 3.63) is 58.6 Å². The minimum absolute atomic E-state index is 0.00228. The molecule has 0 aromatic heterocycles. The molecule has 4 N–H and O–H groups in total. The third-order valence-electron chi connectivity index (χ3n) is 3.60. The van der Waals surface area contributed by atoms with E-state index in [1.165, 1.54) is 37.4 Å². The van der Waals surface area contributed by atoms with E-state index in [9.17, 15) is 17.2 Å². The molecule has 2 aromatic rings. The minimum Gasteiger partial charge on any atom is -0.434 e. The van der Waals surface area contributed by atoms with Crippen LogP contribution in [0, 0.1) is 0 Å². The number of ether oxygens (including phenoxy) is 1. The van der Waals surface area contributed by atoms with E-state index in [-0.39, 0.29) is 23.7 Å². The van der Waals surface area contributed by atoms with Crippen LogP contribution in [0.1, 0.15) is 11.1 Å². The van der Waals surface area contributed by atoms with Crippen molar-refractivity contribution < 1.29 is 21.9 Å². The molecule has 0 aliphatic carbocycles. The summed E-state index contributed by atoms with van der Waals surface area (Å²) in [4.78, 5) is 4.03. The second-order valence-electron chi connectivity index (χ2n) is 5.60. The second-order valence-corrected chi connectivity index (χ2v) is 7.60. The zero-order chi connectivity index (χ0) is 20.7. The van der Waals surface area contributed by atoms with Crippen LogP contribution in [0.3, 0.4) is 0 Å². The number of primary sulfonamides is 1. The van der Waals surface area contributed by atoms with Crippen molar-refractivity contribution in [1.29, 1.82) is 0 Å². The van der Waals surface area contributed by atoms with E-state index in [0.717, 1.165) is 0 Å². The summed E-state index contributed by atoms with van der Waals surface area (Å²) in [5.74, 6) is 0.368. The van der Waals surface area contributed by atoms with E-state index in [1.807, 2.05) is 0 Å². The maximum Gasteiger partial charge on any atom is 0.387 e. The molecule has 0 heterocycles. The average molecular weight is 433 g/mol. The van der Waals surface area contributed by atoms with Crippen molar-refractivity contribution in [1.82, 2.24) is 10.6 Å². The van der Waals surface area contributed by atoms with Gasteiger partial charge in [-0.15, -0.1) is 0 Å². The quantitative estimate of drug-likeness (QED) is 0.460. The number of halogens is 3. The molecule has 2 rings (SSSR count). The first-order valence-electron chi connectivity index (χ1n) is 7.98. The van der Waals surface area contributed by atoms with Crippen LogP contribution < -0.4 is 20.5 Å². The van der Waals surface area contributed by atoms with Crippen LogP contribution in [0.25, 0.3) is 0 Å². The Morgan fingerprint density at radius 1 is 1.21 bits per heavy atom. The number of nitrogens with one attached hydrogen (secondary N) is 2. The first-order valence-corrected chi connectivity index (χ1v) is 9.91. The van der Waals surface area contributed by atoms with E-state index in [4.69, 9.17) is 16.7 Å². The molecule has 0 spiro atoms. The van der Waals surface area contributed by atoms with Crippen LogP contribution in [0.5, 0.6) is 5.75 Å². The zero-order valence-corrected chi connectivity index (χ0v) is 16.4. The van der Waals surface area contributed by atoms with E-state index >= 15 is 0 Å². The Morgan fingerprint density at radius 2 is 1.93 bits per heavy atom. The van der Waals surface area contributed by atoms with Gasteiger partial charge < -0.3 is 15.4 Å². The highest BCUT2D eigenvalue weighted by atomic mass is 35.5. The minimum atomic E-state index is -3.80. The van der Waals surface area contributed by atoms with Crippen molar-refractivity contribution in [2.45, 2.75) is 24.6 Å². The summed E-state index contributed by atoms with van der Waals surface area (Å²) in [5, 5.41) is 11.4. The SMILES string of the molecule is CN=C(NCc1cccc(S(N)(=O)=O)c1)NCc1cc(Cl)ccc1OC(F)F. The largest absolute Gasteiger partial charge is 0.434 e. The maximum atomic E-state index is 12.5. The lowest BCUT2D eigenvalue weighted by atomic mass is 10.2. The Kier molecular flexibility index (Phi) is 7.55. The Hall–Kier alpha value is -2.43. The molecule has 152 valence electrons. The van der Waals surface area contributed by atoms with Crippen molar-refractivity contribution in [3.8, 4) is 5.75 Å². The van der Waals surface area contributed by atoms with Gasteiger partial charge in [0.25, 0.3) is 0 Å². The maximum absolute atomic E-state index is 12.5. The van der Waals surface area contributed by atoms with Crippen LogP contribution in [-0.4, -0.2) is 28.0 Å². The molecular weight excluding hydrogens is 414 g/mol. The molecule has 0 fully saturated rings. The van der Waals surface area contributed by atoms with E-state index in [0.29, 0.717) is 22.1 Å². The zero-order valence-electron chi connectivity index (χ0n) is 14.8. The molecule has 2 aromatic carbocycles. The molecule has 0 amide bonds. The fourth-order valence-electron chi connectivity index (χ4n) is 2.31. The molecule has 0 saturated carbocycles. The lowest BCUT2D eigenvalue weighted by Crippen LogP contribution is -2.36. The smallest absolute Gasteiger partial charge is 0.387 e. The first kappa shape index (κ1) is 21.9. The summed E-state index contributed by atoms with van der Waals surface area (Å²) in [6, 6.07) is 10.5. The highest BCUT2D eigenvalue weighted by Gasteiger charge is 2.11. The van der Waals surface area contributed by atoms with Gasteiger partial charge in [0.15, 0.2) is 5.96 Å². The number of benzene rings is 2. The van der Waals surface area contributed by atoms with E-state index < -0.39 is 16.6 Å².